The maximum absolute atomic E-state index is 5.88. The van der Waals surface area contributed by atoms with Crippen LogP contribution in [0, 0.1) is 18.3 Å². The summed E-state index contributed by atoms with van der Waals surface area (Å²) in [6.07, 6.45) is 9.70. The third-order valence-electron chi connectivity index (χ3n) is 2.57. The minimum absolute atomic E-state index is 0.581. The van der Waals surface area contributed by atoms with E-state index in [0.29, 0.717) is 12.2 Å². The van der Waals surface area contributed by atoms with Gasteiger partial charge < -0.3 is 10.6 Å². The van der Waals surface area contributed by atoms with Gasteiger partial charge in [-0.3, -0.25) is 0 Å². The number of nitrogens with two attached hydrogens (primary N) is 1. The molecule has 0 amide bonds. The first-order chi connectivity index (χ1) is 7.31. The van der Waals surface area contributed by atoms with Crippen LogP contribution >= 0.6 is 0 Å². The summed E-state index contributed by atoms with van der Waals surface area (Å²) in [5.74, 6) is 4.26. The van der Waals surface area contributed by atoms with Crippen LogP contribution in [0.15, 0.2) is 18.3 Å². The summed E-state index contributed by atoms with van der Waals surface area (Å²) in [6.45, 7) is 1.56. The second-order valence-electron chi connectivity index (χ2n) is 3.94. The average Bonchev–Trinajstić information content (AvgIpc) is 3.02. The number of nitrogen functional groups attached to an aromatic ring is 1. The molecule has 1 aromatic heterocycles. The number of terminal acetylenes is 1. The molecule has 0 unspecified atom stereocenters. The topological polar surface area (TPSA) is 42.2 Å². The van der Waals surface area contributed by atoms with Gasteiger partial charge in [0.2, 0.25) is 0 Å². The zero-order valence-corrected chi connectivity index (χ0v) is 8.69. The highest BCUT2D eigenvalue weighted by Crippen LogP contribution is 2.31. The van der Waals surface area contributed by atoms with Crippen LogP contribution in [0.4, 0.5) is 11.5 Å². The zero-order valence-electron chi connectivity index (χ0n) is 8.69. The van der Waals surface area contributed by atoms with Crippen LogP contribution in [0.3, 0.4) is 0 Å². The molecular weight excluding hydrogens is 186 g/mol. The molecule has 0 saturated heterocycles. The number of rotatable bonds is 4. The summed E-state index contributed by atoms with van der Waals surface area (Å²) >= 11 is 0. The molecule has 0 atom stereocenters. The van der Waals surface area contributed by atoms with Gasteiger partial charge in [-0.2, -0.15) is 0 Å². The molecule has 1 saturated carbocycles. The van der Waals surface area contributed by atoms with Crippen molar-refractivity contribution < 1.29 is 0 Å². The molecule has 1 aromatic rings. The molecule has 0 aromatic carbocycles. The largest absolute Gasteiger partial charge is 0.396 e. The van der Waals surface area contributed by atoms with E-state index in [0.717, 1.165) is 18.3 Å². The van der Waals surface area contributed by atoms with Crippen LogP contribution in [0.2, 0.25) is 0 Å². The monoisotopic (exact) mass is 201 g/mol. The SMILES string of the molecule is C#CCN(CC1CC1)c1ncccc1N. The summed E-state index contributed by atoms with van der Waals surface area (Å²) in [5.41, 5.74) is 6.58. The maximum atomic E-state index is 5.88. The summed E-state index contributed by atoms with van der Waals surface area (Å²) in [5, 5.41) is 0. The van der Waals surface area contributed by atoms with Crippen molar-refractivity contribution in [3.05, 3.63) is 18.3 Å². The van der Waals surface area contributed by atoms with Crippen LogP contribution < -0.4 is 10.6 Å². The molecule has 1 heterocycles. The quantitative estimate of drug-likeness (QED) is 0.751. The smallest absolute Gasteiger partial charge is 0.152 e. The third-order valence-corrected chi connectivity index (χ3v) is 2.57. The van der Waals surface area contributed by atoms with Crippen molar-refractivity contribution in [1.82, 2.24) is 4.98 Å². The highest BCUT2D eigenvalue weighted by molar-refractivity contribution is 5.62. The van der Waals surface area contributed by atoms with E-state index in [9.17, 15) is 0 Å². The van der Waals surface area contributed by atoms with E-state index >= 15 is 0 Å². The van der Waals surface area contributed by atoms with Gasteiger partial charge in [-0.1, -0.05) is 5.92 Å². The van der Waals surface area contributed by atoms with Crippen molar-refractivity contribution in [3.8, 4) is 12.3 Å². The van der Waals surface area contributed by atoms with Crippen molar-refractivity contribution in [1.29, 1.82) is 0 Å². The molecular formula is C12H15N3. The van der Waals surface area contributed by atoms with E-state index in [1.165, 1.54) is 12.8 Å². The number of anilines is 2. The Morgan fingerprint density at radius 2 is 2.40 bits per heavy atom. The van der Waals surface area contributed by atoms with Crippen molar-refractivity contribution in [3.63, 3.8) is 0 Å². The van der Waals surface area contributed by atoms with Crippen LogP contribution in [0.25, 0.3) is 0 Å². The molecule has 3 heteroatoms. The van der Waals surface area contributed by atoms with E-state index in [4.69, 9.17) is 12.2 Å². The van der Waals surface area contributed by atoms with Crippen LogP contribution in [0.1, 0.15) is 12.8 Å². The van der Waals surface area contributed by atoms with Crippen molar-refractivity contribution in [2.24, 2.45) is 5.92 Å². The van der Waals surface area contributed by atoms with Gasteiger partial charge in [0.1, 0.15) is 0 Å². The molecule has 15 heavy (non-hydrogen) atoms. The first-order valence-corrected chi connectivity index (χ1v) is 5.20. The van der Waals surface area contributed by atoms with Gasteiger partial charge in [0.05, 0.1) is 12.2 Å². The van der Waals surface area contributed by atoms with Crippen molar-refractivity contribution in [2.45, 2.75) is 12.8 Å². The molecule has 0 bridgehead atoms. The Kier molecular flexibility index (Phi) is 2.77. The minimum Gasteiger partial charge on any atom is -0.396 e. The molecule has 2 rings (SSSR count). The van der Waals surface area contributed by atoms with E-state index in [1.807, 2.05) is 12.1 Å². The zero-order chi connectivity index (χ0) is 10.7. The van der Waals surface area contributed by atoms with E-state index in [1.54, 1.807) is 6.20 Å². The fourth-order valence-corrected chi connectivity index (χ4v) is 1.62. The number of hydrogen-bond acceptors (Lipinski definition) is 3. The normalized spacial score (nSPS) is 14.6. The van der Waals surface area contributed by atoms with Crippen molar-refractivity contribution >= 4 is 11.5 Å². The fraction of sp³-hybridized carbons (Fsp3) is 0.417. The number of hydrogen-bond donors (Lipinski definition) is 1. The van der Waals surface area contributed by atoms with Gasteiger partial charge in [-0.05, 0) is 30.9 Å². The van der Waals surface area contributed by atoms with Gasteiger partial charge in [0.25, 0.3) is 0 Å². The second-order valence-corrected chi connectivity index (χ2v) is 3.94. The van der Waals surface area contributed by atoms with Gasteiger partial charge in [-0.15, -0.1) is 6.42 Å². The van der Waals surface area contributed by atoms with E-state index < -0.39 is 0 Å². The fourth-order valence-electron chi connectivity index (χ4n) is 1.62. The lowest BCUT2D eigenvalue weighted by Crippen LogP contribution is -2.27. The average molecular weight is 201 g/mol. The predicted molar refractivity (Wildman–Crippen MR) is 62.4 cm³/mol. The summed E-state index contributed by atoms with van der Waals surface area (Å²) < 4.78 is 0. The summed E-state index contributed by atoms with van der Waals surface area (Å²) in [6, 6.07) is 3.70. The Morgan fingerprint density at radius 3 is 3.00 bits per heavy atom. The number of aromatic nitrogens is 1. The van der Waals surface area contributed by atoms with Gasteiger partial charge in [0.15, 0.2) is 5.82 Å². The van der Waals surface area contributed by atoms with Gasteiger partial charge in [0, 0.05) is 12.7 Å². The molecule has 0 spiro atoms. The Morgan fingerprint density at radius 1 is 1.60 bits per heavy atom. The molecule has 0 radical (unpaired) electrons. The summed E-state index contributed by atoms with van der Waals surface area (Å²) in [7, 11) is 0. The molecule has 0 aliphatic heterocycles. The Hall–Kier alpha value is -1.69. The van der Waals surface area contributed by atoms with Crippen LogP contribution in [-0.4, -0.2) is 18.1 Å². The van der Waals surface area contributed by atoms with Crippen LogP contribution in [0.5, 0.6) is 0 Å². The minimum atomic E-state index is 0.581. The predicted octanol–water partition coefficient (Wildman–Crippen LogP) is 1.51. The first kappa shape index (κ1) is 9.85. The maximum Gasteiger partial charge on any atom is 0.152 e. The van der Waals surface area contributed by atoms with E-state index in [2.05, 4.69) is 15.8 Å². The highest BCUT2D eigenvalue weighted by atomic mass is 15.2. The third kappa shape index (κ3) is 2.41. The molecule has 2 N–H and O–H groups in total. The van der Waals surface area contributed by atoms with Crippen LogP contribution in [-0.2, 0) is 0 Å². The lowest BCUT2D eigenvalue weighted by molar-refractivity contribution is 0.756. The molecule has 1 aliphatic rings. The lowest BCUT2D eigenvalue weighted by Gasteiger charge is -2.22. The Labute approximate surface area is 90.3 Å². The first-order valence-electron chi connectivity index (χ1n) is 5.20. The van der Waals surface area contributed by atoms with E-state index in [-0.39, 0.29) is 0 Å². The van der Waals surface area contributed by atoms with Gasteiger partial charge >= 0.3 is 0 Å². The molecule has 1 aliphatic carbocycles. The number of pyridine rings is 1. The number of nitrogens with zero attached hydrogens (tertiary/aromatic N) is 2. The molecule has 3 nitrogen and oxygen atoms in total. The Balaban J connectivity index is 2.15. The van der Waals surface area contributed by atoms with Crippen molar-refractivity contribution in [2.75, 3.05) is 23.7 Å². The summed E-state index contributed by atoms with van der Waals surface area (Å²) in [4.78, 5) is 6.37. The molecule has 78 valence electrons. The highest BCUT2D eigenvalue weighted by Gasteiger charge is 2.25. The lowest BCUT2D eigenvalue weighted by atomic mass is 10.3. The van der Waals surface area contributed by atoms with Gasteiger partial charge in [-0.25, -0.2) is 4.98 Å². The Bertz CT molecular complexity index is 377. The second kappa shape index (κ2) is 4.22. The standard InChI is InChI=1S/C12H15N3/c1-2-8-15(9-10-5-6-10)12-11(13)4-3-7-14-12/h1,3-4,7,10H,5-6,8-9,13H2. The molecule has 1 fully saturated rings.